The van der Waals surface area contributed by atoms with E-state index in [0.29, 0.717) is 0 Å². The Morgan fingerprint density at radius 2 is 1.68 bits per heavy atom. The molecule has 1 aliphatic rings. The van der Waals surface area contributed by atoms with Gasteiger partial charge >= 0.3 is 17.9 Å². The summed E-state index contributed by atoms with van der Waals surface area (Å²) in [7, 11) is 0. The summed E-state index contributed by atoms with van der Waals surface area (Å²) >= 11 is 17.4. The molecule has 1 aromatic rings. The van der Waals surface area contributed by atoms with Crippen molar-refractivity contribution in [3.63, 3.8) is 0 Å². The Hall–Kier alpha value is -1.57. The molecule has 0 radical (unpaired) electrons. The topological polar surface area (TPSA) is 101 Å². The first-order valence-corrected chi connectivity index (χ1v) is 5.89. The molecule has 1 heterocycles. The van der Waals surface area contributed by atoms with Crippen LogP contribution in [0.2, 0.25) is 15.1 Å². The van der Waals surface area contributed by atoms with Gasteiger partial charge in [-0.25, -0.2) is 0 Å². The molecule has 100 valence electrons. The minimum absolute atomic E-state index is 0.0289. The second-order valence-corrected chi connectivity index (χ2v) is 4.74. The van der Waals surface area contributed by atoms with E-state index in [1.165, 1.54) is 6.07 Å². The molecular weight excluding hydrogens is 320 g/mol. The molecule has 10 heteroatoms. The van der Waals surface area contributed by atoms with Crippen molar-refractivity contribution in [3.8, 4) is 0 Å². The van der Waals surface area contributed by atoms with Gasteiger partial charge < -0.3 is 10.6 Å². The molecule has 2 N–H and O–H groups in total. The minimum Gasteiger partial charge on any atom is -0.318 e. The largest absolute Gasteiger partial charge is 0.366 e. The van der Waals surface area contributed by atoms with Crippen LogP contribution in [0.3, 0.4) is 0 Å². The van der Waals surface area contributed by atoms with Gasteiger partial charge in [-0.05, 0) is 6.07 Å². The van der Waals surface area contributed by atoms with E-state index in [1.807, 2.05) is 0 Å². The SMILES string of the molecule is O=C1Nc2cc(Cl)c(Cl)c(Cl)c2NC(=O)C1[N+](=O)[O-]. The highest BCUT2D eigenvalue weighted by Gasteiger charge is 2.41. The van der Waals surface area contributed by atoms with Gasteiger partial charge in [0.25, 0.3) is 0 Å². The molecule has 1 aromatic carbocycles. The molecule has 2 rings (SSSR count). The van der Waals surface area contributed by atoms with Crippen LogP contribution >= 0.6 is 34.8 Å². The molecule has 0 saturated carbocycles. The van der Waals surface area contributed by atoms with Crippen LogP contribution in [0.25, 0.3) is 0 Å². The molecule has 7 nitrogen and oxygen atoms in total. The predicted octanol–water partition coefficient (Wildman–Crippen LogP) is 2.18. The van der Waals surface area contributed by atoms with Crippen molar-refractivity contribution in [2.75, 3.05) is 10.6 Å². The first kappa shape index (κ1) is 13.9. The molecule has 1 unspecified atom stereocenters. The molecular formula is C9H4Cl3N3O4. The van der Waals surface area contributed by atoms with Crippen molar-refractivity contribution < 1.29 is 14.5 Å². The Kier molecular flexibility index (Phi) is 3.53. The summed E-state index contributed by atoms with van der Waals surface area (Å²) < 4.78 is 0. The number of halogens is 3. The summed E-state index contributed by atoms with van der Waals surface area (Å²) in [4.78, 5) is 32.9. The predicted molar refractivity (Wildman–Crippen MR) is 69.5 cm³/mol. The van der Waals surface area contributed by atoms with Crippen molar-refractivity contribution in [3.05, 3.63) is 31.2 Å². The van der Waals surface area contributed by atoms with Crippen molar-refractivity contribution in [2.24, 2.45) is 0 Å². The lowest BCUT2D eigenvalue weighted by Gasteiger charge is -2.10. The number of carbonyl (C=O) groups excluding carboxylic acids is 2. The van der Waals surface area contributed by atoms with Crippen molar-refractivity contribution in [1.82, 2.24) is 0 Å². The Labute approximate surface area is 121 Å². The highest BCUT2D eigenvalue weighted by molar-refractivity contribution is 6.50. The van der Waals surface area contributed by atoms with E-state index in [1.54, 1.807) is 0 Å². The lowest BCUT2D eigenvalue weighted by Crippen LogP contribution is -2.42. The lowest BCUT2D eigenvalue weighted by molar-refractivity contribution is -0.492. The van der Waals surface area contributed by atoms with Gasteiger partial charge in [-0.1, -0.05) is 34.8 Å². The van der Waals surface area contributed by atoms with Crippen molar-refractivity contribution in [2.45, 2.75) is 6.04 Å². The van der Waals surface area contributed by atoms with Gasteiger partial charge in [-0.3, -0.25) is 19.7 Å². The maximum atomic E-state index is 11.6. The van der Waals surface area contributed by atoms with Crippen molar-refractivity contribution in [1.29, 1.82) is 0 Å². The van der Waals surface area contributed by atoms with E-state index in [4.69, 9.17) is 34.8 Å². The Balaban J connectivity index is 2.58. The first-order valence-electron chi connectivity index (χ1n) is 4.75. The summed E-state index contributed by atoms with van der Waals surface area (Å²) in [5.41, 5.74) is 0.0147. The average molecular weight is 325 g/mol. The summed E-state index contributed by atoms with van der Waals surface area (Å²) in [6, 6.07) is -0.827. The zero-order valence-corrected chi connectivity index (χ0v) is 11.1. The highest BCUT2D eigenvalue weighted by atomic mass is 35.5. The monoisotopic (exact) mass is 323 g/mol. The number of nitro groups is 1. The number of rotatable bonds is 1. The molecule has 1 aliphatic heterocycles. The van der Waals surface area contributed by atoms with Crippen LogP contribution in [0.1, 0.15) is 0 Å². The van der Waals surface area contributed by atoms with E-state index in [-0.39, 0.29) is 26.4 Å². The Bertz CT molecular complexity index is 619. The van der Waals surface area contributed by atoms with Crippen LogP contribution in [-0.2, 0) is 9.59 Å². The maximum absolute atomic E-state index is 11.6. The zero-order valence-electron chi connectivity index (χ0n) is 8.87. The highest BCUT2D eigenvalue weighted by Crippen LogP contribution is 2.42. The molecule has 0 aliphatic carbocycles. The van der Waals surface area contributed by atoms with E-state index in [0.717, 1.165) is 0 Å². The fourth-order valence-corrected chi connectivity index (χ4v) is 2.17. The summed E-state index contributed by atoms with van der Waals surface area (Å²) in [5.74, 6) is -2.20. The number of carbonyl (C=O) groups is 2. The van der Waals surface area contributed by atoms with Gasteiger partial charge in [0, 0.05) is 4.92 Å². The zero-order chi connectivity index (χ0) is 14.3. The third-order valence-electron chi connectivity index (χ3n) is 2.38. The Morgan fingerprint density at radius 3 is 2.26 bits per heavy atom. The molecule has 0 bridgehead atoms. The number of nitrogens with one attached hydrogen (secondary N) is 2. The molecule has 0 aromatic heterocycles. The number of hydrogen-bond acceptors (Lipinski definition) is 4. The molecule has 19 heavy (non-hydrogen) atoms. The van der Waals surface area contributed by atoms with E-state index in [9.17, 15) is 19.7 Å². The van der Waals surface area contributed by atoms with E-state index in [2.05, 4.69) is 10.6 Å². The van der Waals surface area contributed by atoms with Gasteiger partial charge in [0.2, 0.25) is 0 Å². The van der Waals surface area contributed by atoms with Crippen LogP contribution in [0.4, 0.5) is 11.4 Å². The van der Waals surface area contributed by atoms with Crippen LogP contribution in [-0.4, -0.2) is 22.8 Å². The van der Waals surface area contributed by atoms with Gasteiger partial charge in [0.05, 0.1) is 26.4 Å². The average Bonchev–Trinajstić information content (AvgIpc) is 2.42. The van der Waals surface area contributed by atoms with Crippen LogP contribution in [0.15, 0.2) is 6.07 Å². The molecule has 0 saturated heterocycles. The summed E-state index contributed by atoms with van der Waals surface area (Å²) in [6.07, 6.45) is 0. The van der Waals surface area contributed by atoms with Gasteiger partial charge in [0.1, 0.15) is 0 Å². The number of benzene rings is 1. The third-order valence-corrected chi connectivity index (χ3v) is 3.64. The fraction of sp³-hybridized carbons (Fsp3) is 0.111. The van der Waals surface area contributed by atoms with Crippen molar-refractivity contribution >= 4 is 58.0 Å². The fourth-order valence-electron chi connectivity index (χ4n) is 1.52. The van der Waals surface area contributed by atoms with Gasteiger partial charge in [-0.15, -0.1) is 0 Å². The summed E-state index contributed by atoms with van der Waals surface area (Å²) in [5, 5.41) is 15.0. The van der Waals surface area contributed by atoms with Crippen LogP contribution in [0, 0.1) is 10.1 Å². The number of anilines is 2. The second-order valence-electron chi connectivity index (χ2n) is 3.58. The Morgan fingerprint density at radius 1 is 1.11 bits per heavy atom. The number of fused-ring (bicyclic) bond motifs is 1. The summed E-state index contributed by atoms with van der Waals surface area (Å²) in [6.45, 7) is 0. The maximum Gasteiger partial charge on any atom is 0.366 e. The first-order chi connectivity index (χ1) is 8.82. The third kappa shape index (κ3) is 2.32. The number of amides is 2. The molecule has 0 fully saturated rings. The van der Waals surface area contributed by atoms with Crippen LogP contribution in [0.5, 0.6) is 0 Å². The normalized spacial score (nSPS) is 18.2. The van der Waals surface area contributed by atoms with E-state index < -0.39 is 22.8 Å². The number of hydrogen-bond donors (Lipinski definition) is 2. The van der Waals surface area contributed by atoms with Gasteiger partial charge in [-0.2, -0.15) is 0 Å². The standard InChI is InChI=1S/C9H4Cl3N3O4/c10-2-1-3-6(5(12)4(2)11)14-9(17)7(15(18)19)8(16)13-3/h1,7H,(H,13,16)(H,14,17). The van der Waals surface area contributed by atoms with Crippen LogP contribution < -0.4 is 10.6 Å². The lowest BCUT2D eigenvalue weighted by atomic mass is 10.2. The van der Waals surface area contributed by atoms with Gasteiger partial charge in [0.15, 0.2) is 0 Å². The molecule has 2 amide bonds. The molecule has 0 spiro atoms. The quantitative estimate of drug-likeness (QED) is 0.358. The van der Waals surface area contributed by atoms with E-state index >= 15 is 0 Å². The molecule has 1 atom stereocenters. The number of nitrogens with zero attached hydrogens (tertiary/aromatic N) is 1. The smallest absolute Gasteiger partial charge is 0.318 e. The minimum atomic E-state index is -2.07. The second kappa shape index (κ2) is 4.84.